The van der Waals surface area contributed by atoms with Crippen LogP contribution in [-0.4, -0.2) is 42.5 Å². The zero-order chi connectivity index (χ0) is 12.5. The quantitative estimate of drug-likeness (QED) is 0.725. The van der Waals surface area contributed by atoms with E-state index in [1.165, 1.54) is 19.3 Å². The van der Waals surface area contributed by atoms with Crippen LogP contribution in [0.2, 0.25) is 0 Å². The molecular weight excluding hydrogens is 238 g/mol. The Morgan fingerprint density at radius 2 is 2.29 bits per heavy atom. The normalized spacial score (nSPS) is 28.2. The molecule has 2 atom stereocenters. The number of likely N-dealkylation sites (tertiary alicyclic amines) is 1. The van der Waals surface area contributed by atoms with Gasteiger partial charge in [-0.1, -0.05) is 6.42 Å². The van der Waals surface area contributed by atoms with Gasteiger partial charge in [-0.05, 0) is 32.1 Å². The maximum Gasteiger partial charge on any atom is 0.240 e. The van der Waals surface area contributed by atoms with Crippen LogP contribution < -0.4 is 0 Å². The van der Waals surface area contributed by atoms with E-state index < -0.39 is 5.38 Å². The number of amides is 1. The molecule has 0 radical (unpaired) electrons. The lowest BCUT2D eigenvalue weighted by atomic mass is 9.63. The van der Waals surface area contributed by atoms with Gasteiger partial charge in [0.05, 0.1) is 6.61 Å². The molecule has 1 saturated carbocycles. The van der Waals surface area contributed by atoms with Crippen LogP contribution in [0.25, 0.3) is 0 Å². The average molecular weight is 260 g/mol. The van der Waals surface area contributed by atoms with E-state index in [0.29, 0.717) is 11.3 Å². The van der Waals surface area contributed by atoms with E-state index in [1.54, 1.807) is 6.92 Å². The maximum absolute atomic E-state index is 11.9. The zero-order valence-corrected chi connectivity index (χ0v) is 11.5. The highest BCUT2D eigenvalue weighted by molar-refractivity contribution is 6.30. The number of ether oxygens (including phenoxy) is 1. The third-order valence-corrected chi connectivity index (χ3v) is 4.52. The summed E-state index contributed by atoms with van der Waals surface area (Å²) in [5, 5.41) is -0.405. The lowest BCUT2D eigenvalue weighted by molar-refractivity contribution is -0.130. The molecule has 0 aromatic heterocycles. The average Bonchev–Trinajstić information content (AvgIpc) is 2.64. The van der Waals surface area contributed by atoms with Gasteiger partial charge in [0, 0.05) is 25.6 Å². The summed E-state index contributed by atoms with van der Waals surface area (Å²) in [6.45, 7) is 7.04. The van der Waals surface area contributed by atoms with Crippen molar-refractivity contribution in [3.63, 3.8) is 0 Å². The summed E-state index contributed by atoms with van der Waals surface area (Å²) in [7, 11) is 0. The topological polar surface area (TPSA) is 29.5 Å². The zero-order valence-electron chi connectivity index (χ0n) is 10.7. The number of carbonyl (C=O) groups excluding carboxylic acids is 1. The Morgan fingerprint density at radius 3 is 2.76 bits per heavy atom. The van der Waals surface area contributed by atoms with Gasteiger partial charge < -0.3 is 9.64 Å². The summed E-state index contributed by atoms with van der Waals surface area (Å²) in [5.74, 6) is 0.590. The van der Waals surface area contributed by atoms with Gasteiger partial charge in [0.1, 0.15) is 5.38 Å². The smallest absolute Gasteiger partial charge is 0.240 e. The van der Waals surface area contributed by atoms with Crippen LogP contribution in [0.5, 0.6) is 0 Å². The molecule has 0 bridgehead atoms. The molecule has 1 heterocycles. The van der Waals surface area contributed by atoms with E-state index in [9.17, 15) is 4.79 Å². The highest BCUT2D eigenvalue weighted by Gasteiger charge is 2.51. The largest absolute Gasteiger partial charge is 0.381 e. The lowest BCUT2D eigenvalue weighted by Gasteiger charge is -2.42. The Kier molecular flexibility index (Phi) is 3.99. The number of rotatable bonds is 4. The van der Waals surface area contributed by atoms with Crippen molar-refractivity contribution in [1.82, 2.24) is 4.90 Å². The Labute approximate surface area is 108 Å². The molecule has 17 heavy (non-hydrogen) atoms. The van der Waals surface area contributed by atoms with Gasteiger partial charge in [-0.15, -0.1) is 11.6 Å². The van der Waals surface area contributed by atoms with Gasteiger partial charge in [-0.2, -0.15) is 0 Å². The molecule has 1 spiro atoms. The van der Waals surface area contributed by atoms with Crippen molar-refractivity contribution in [3.8, 4) is 0 Å². The van der Waals surface area contributed by atoms with E-state index in [1.807, 2.05) is 11.8 Å². The maximum atomic E-state index is 11.9. The minimum atomic E-state index is -0.405. The van der Waals surface area contributed by atoms with Crippen molar-refractivity contribution in [2.75, 3.05) is 26.3 Å². The third kappa shape index (κ3) is 2.45. The van der Waals surface area contributed by atoms with Gasteiger partial charge in [-0.25, -0.2) is 0 Å². The molecule has 2 fully saturated rings. The monoisotopic (exact) mass is 259 g/mol. The molecule has 1 aliphatic carbocycles. The number of carbonyl (C=O) groups is 1. The first kappa shape index (κ1) is 13.2. The molecule has 0 aromatic rings. The second-order valence-corrected chi connectivity index (χ2v) is 6.06. The van der Waals surface area contributed by atoms with E-state index >= 15 is 0 Å². The molecule has 1 aliphatic heterocycles. The molecule has 0 N–H and O–H groups in total. The first-order valence-corrected chi connectivity index (χ1v) is 7.03. The highest BCUT2D eigenvalue weighted by atomic mass is 35.5. The van der Waals surface area contributed by atoms with Crippen LogP contribution in [0, 0.1) is 11.3 Å². The summed E-state index contributed by atoms with van der Waals surface area (Å²) in [5.41, 5.74) is 0.344. The van der Waals surface area contributed by atoms with Crippen molar-refractivity contribution in [2.45, 2.75) is 38.5 Å². The van der Waals surface area contributed by atoms with Gasteiger partial charge in [0.2, 0.25) is 5.91 Å². The molecule has 98 valence electrons. The van der Waals surface area contributed by atoms with Crippen LogP contribution in [0.1, 0.15) is 33.1 Å². The van der Waals surface area contributed by atoms with Crippen LogP contribution in [0.4, 0.5) is 0 Å². The van der Waals surface area contributed by atoms with E-state index in [4.69, 9.17) is 16.3 Å². The minimum Gasteiger partial charge on any atom is -0.381 e. The van der Waals surface area contributed by atoms with E-state index in [-0.39, 0.29) is 5.91 Å². The van der Waals surface area contributed by atoms with Crippen LogP contribution in [0.3, 0.4) is 0 Å². The van der Waals surface area contributed by atoms with Gasteiger partial charge in [0.25, 0.3) is 0 Å². The molecule has 1 saturated heterocycles. The summed E-state index contributed by atoms with van der Waals surface area (Å²) >= 11 is 5.89. The van der Waals surface area contributed by atoms with Crippen LogP contribution >= 0.6 is 11.6 Å². The van der Waals surface area contributed by atoms with E-state index in [0.717, 1.165) is 26.3 Å². The van der Waals surface area contributed by atoms with Crippen LogP contribution in [0.15, 0.2) is 0 Å². The van der Waals surface area contributed by atoms with Crippen LogP contribution in [-0.2, 0) is 9.53 Å². The number of hydrogen-bond acceptors (Lipinski definition) is 2. The standard InChI is InChI=1S/C13H22ClNO2/c1-3-17-8-11-7-15(12(16)10(2)14)9-13(11)5-4-6-13/h10-11H,3-9H2,1-2H3/t10-,11-/m0/s1. The van der Waals surface area contributed by atoms with Crippen molar-refractivity contribution >= 4 is 17.5 Å². The minimum absolute atomic E-state index is 0.0805. The van der Waals surface area contributed by atoms with Gasteiger partial charge in [0.15, 0.2) is 0 Å². The van der Waals surface area contributed by atoms with Crippen molar-refractivity contribution in [3.05, 3.63) is 0 Å². The van der Waals surface area contributed by atoms with E-state index in [2.05, 4.69) is 0 Å². The van der Waals surface area contributed by atoms with Gasteiger partial charge in [-0.3, -0.25) is 4.79 Å². The molecule has 2 aliphatic rings. The number of halogens is 1. The Hall–Kier alpha value is -0.280. The Bertz CT molecular complexity index is 289. The first-order valence-electron chi connectivity index (χ1n) is 6.59. The summed E-state index contributed by atoms with van der Waals surface area (Å²) in [6, 6.07) is 0. The Balaban J connectivity index is 1.99. The second-order valence-electron chi connectivity index (χ2n) is 5.41. The number of hydrogen-bond donors (Lipinski definition) is 0. The fourth-order valence-corrected chi connectivity index (χ4v) is 3.28. The molecule has 2 rings (SSSR count). The Morgan fingerprint density at radius 1 is 1.59 bits per heavy atom. The summed E-state index contributed by atoms with van der Waals surface area (Å²) < 4.78 is 5.57. The van der Waals surface area contributed by atoms with Crippen molar-refractivity contribution in [2.24, 2.45) is 11.3 Å². The fraction of sp³-hybridized carbons (Fsp3) is 0.923. The molecule has 4 heteroatoms. The number of nitrogens with zero attached hydrogens (tertiary/aromatic N) is 1. The predicted octanol–water partition coefficient (Wildman–Crippen LogP) is 2.28. The first-order chi connectivity index (χ1) is 8.09. The predicted molar refractivity (Wildman–Crippen MR) is 68.2 cm³/mol. The number of alkyl halides is 1. The molecular formula is C13H22ClNO2. The van der Waals surface area contributed by atoms with Crippen molar-refractivity contribution < 1.29 is 9.53 Å². The lowest BCUT2D eigenvalue weighted by Crippen LogP contribution is -2.40. The molecule has 3 nitrogen and oxygen atoms in total. The second kappa shape index (κ2) is 5.15. The van der Waals surface area contributed by atoms with Gasteiger partial charge >= 0.3 is 0 Å². The van der Waals surface area contributed by atoms with Crippen molar-refractivity contribution in [1.29, 1.82) is 0 Å². The molecule has 0 unspecified atom stereocenters. The summed E-state index contributed by atoms with van der Waals surface area (Å²) in [4.78, 5) is 13.9. The summed E-state index contributed by atoms with van der Waals surface area (Å²) in [6.07, 6.45) is 3.78. The third-order valence-electron chi connectivity index (χ3n) is 4.34. The highest BCUT2D eigenvalue weighted by Crippen LogP contribution is 2.51. The molecule has 0 aromatic carbocycles. The fourth-order valence-electron chi connectivity index (χ4n) is 3.14. The molecule has 1 amide bonds. The SMILES string of the molecule is CCOC[C@@H]1CN(C(=O)[C@H](C)Cl)CC12CCC2.